The van der Waals surface area contributed by atoms with Gasteiger partial charge in [0, 0.05) is 45.7 Å². The van der Waals surface area contributed by atoms with Crippen LogP contribution in [0.1, 0.15) is 40.0 Å². The van der Waals surface area contributed by atoms with E-state index in [1.54, 1.807) is 30.3 Å². The number of imide groups is 1. The Bertz CT molecular complexity index is 1100. The molecule has 28 heavy (non-hydrogen) atoms. The Morgan fingerprint density at radius 1 is 0.786 bits per heavy atom. The van der Waals surface area contributed by atoms with Crippen molar-refractivity contribution >= 4 is 45.6 Å². The minimum atomic E-state index is -0.304. The summed E-state index contributed by atoms with van der Waals surface area (Å²) < 4.78 is 0. The molecule has 140 valence electrons. The van der Waals surface area contributed by atoms with E-state index in [0.29, 0.717) is 21.8 Å². The summed E-state index contributed by atoms with van der Waals surface area (Å²) in [7, 11) is 0. The molecule has 5 heteroatoms. The van der Waals surface area contributed by atoms with Gasteiger partial charge in [0.2, 0.25) is 0 Å². The summed E-state index contributed by atoms with van der Waals surface area (Å²) in [6.07, 6.45) is 3.59. The van der Waals surface area contributed by atoms with Crippen LogP contribution in [0.2, 0.25) is 5.02 Å². The SMILES string of the molecule is O=C1c2cccc3c(N4CCCCC4)ccc(c23)C(=O)N1c1cccc(Cl)c1. The number of halogens is 1. The maximum absolute atomic E-state index is 13.3. The Kier molecular flexibility index (Phi) is 4.09. The normalized spacial score (nSPS) is 16.8. The van der Waals surface area contributed by atoms with Crippen molar-refractivity contribution in [3.63, 3.8) is 0 Å². The number of anilines is 2. The number of hydrogen-bond acceptors (Lipinski definition) is 3. The van der Waals surface area contributed by atoms with E-state index in [-0.39, 0.29) is 11.8 Å². The molecule has 1 fully saturated rings. The molecule has 0 aliphatic carbocycles. The van der Waals surface area contributed by atoms with Gasteiger partial charge < -0.3 is 4.90 Å². The Labute approximate surface area is 168 Å². The fourth-order valence-electron chi connectivity index (χ4n) is 4.34. The number of carbonyl (C=O) groups excluding carboxylic acids is 2. The summed E-state index contributed by atoms with van der Waals surface area (Å²) in [6.45, 7) is 2.02. The van der Waals surface area contributed by atoms with E-state index in [9.17, 15) is 9.59 Å². The number of carbonyl (C=O) groups is 2. The zero-order valence-electron chi connectivity index (χ0n) is 15.3. The maximum Gasteiger partial charge on any atom is 0.265 e. The summed E-state index contributed by atoms with van der Waals surface area (Å²) >= 11 is 6.09. The largest absolute Gasteiger partial charge is 0.371 e. The van der Waals surface area contributed by atoms with Crippen molar-refractivity contribution in [3.8, 4) is 0 Å². The molecular weight excluding hydrogens is 372 g/mol. The quantitative estimate of drug-likeness (QED) is 0.558. The van der Waals surface area contributed by atoms with Crippen LogP contribution >= 0.6 is 11.6 Å². The maximum atomic E-state index is 13.3. The van der Waals surface area contributed by atoms with Gasteiger partial charge in [-0.1, -0.05) is 29.8 Å². The Morgan fingerprint density at radius 3 is 2.25 bits per heavy atom. The first-order chi connectivity index (χ1) is 13.6. The van der Waals surface area contributed by atoms with Crippen LogP contribution in [0.15, 0.2) is 54.6 Å². The van der Waals surface area contributed by atoms with Gasteiger partial charge >= 0.3 is 0 Å². The van der Waals surface area contributed by atoms with E-state index in [1.165, 1.54) is 24.2 Å². The molecule has 0 radical (unpaired) electrons. The molecule has 0 bridgehead atoms. The third-order valence-electron chi connectivity index (χ3n) is 5.65. The fourth-order valence-corrected chi connectivity index (χ4v) is 4.53. The zero-order valence-corrected chi connectivity index (χ0v) is 16.1. The Balaban J connectivity index is 1.69. The van der Waals surface area contributed by atoms with Gasteiger partial charge in [-0.25, -0.2) is 4.90 Å². The average Bonchev–Trinajstić information content (AvgIpc) is 2.72. The second kappa shape index (κ2) is 6.64. The van der Waals surface area contributed by atoms with Crippen LogP contribution in [0.3, 0.4) is 0 Å². The van der Waals surface area contributed by atoms with Gasteiger partial charge in [0.25, 0.3) is 11.8 Å². The monoisotopic (exact) mass is 390 g/mol. The summed E-state index contributed by atoms with van der Waals surface area (Å²) in [6, 6.07) is 16.5. The minimum Gasteiger partial charge on any atom is -0.371 e. The molecule has 2 heterocycles. The number of rotatable bonds is 2. The minimum absolute atomic E-state index is 0.304. The molecule has 3 aromatic rings. The van der Waals surface area contributed by atoms with Crippen molar-refractivity contribution in [1.29, 1.82) is 0 Å². The molecule has 2 aliphatic heterocycles. The third kappa shape index (κ3) is 2.60. The first-order valence-corrected chi connectivity index (χ1v) is 9.98. The number of amides is 2. The number of nitrogens with zero attached hydrogens (tertiary/aromatic N) is 2. The van der Waals surface area contributed by atoms with Crippen LogP contribution in [-0.2, 0) is 0 Å². The first kappa shape index (κ1) is 17.3. The molecule has 0 aromatic heterocycles. The van der Waals surface area contributed by atoms with Gasteiger partial charge in [0.1, 0.15) is 0 Å². The molecule has 2 aliphatic rings. The highest BCUT2D eigenvalue weighted by atomic mass is 35.5. The predicted octanol–water partition coefficient (Wildman–Crippen LogP) is 5.28. The van der Waals surface area contributed by atoms with Gasteiger partial charge in [-0.2, -0.15) is 0 Å². The molecule has 0 saturated carbocycles. The Morgan fingerprint density at radius 2 is 1.50 bits per heavy atom. The van der Waals surface area contributed by atoms with Crippen LogP contribution in [0.4, 0.5) is 11.4 Å². The smallest absolute Gasteiger partial charge is 0.265 e. The van der Waals surface area contributed by atoms with E-state index in [1.807, 2.05) is 24.3 Å². The second-order valence-electron chi connectivity index (χ2n) is 7.33. The van der Waals surface area contributed by atoms with Crippen molar-refractivity contribution in [2.24, 2.45) is 0 Å². The lowest BCUT2D eigenvalue weighted by Crippen LogP contribution is -2.40. The van der Waals surface area contributed by atoms with Crippen molar-refractivity contribution in [2.75, 3.05) is 22.9 Å². The molecular formula is C23H19ClN2O2. The first-order valence-electron chi connectivity index (χ1n) is 9.60. The van der Waals surface area contributed by atoms with Gasteiger partial charge in [0.15, 0.2) is 0 Å². The van der Waals surface area contributed by atoms with Gasteiger partial charge in [-0.15, -0.1) is 0 Å². The lowest BCUT2D eigenvalue weighted by Gasteiger charge is -2.32. The third-order valence-corrected chi connectivity index (χ3v) is 5.88. The van der Waals surface area contributed by atoms with Crippen molar-refractivity contribution in [2.45, 2.75) is 19.3 Å². The molecule has 3 aromatic carbocycles. The van der Waals surface area contributed by atoms with E-state index in [0.717, 1.165) is 29.5 Å². The van der Waals surface area contributed by atoms with Crippen molar-refractivity contribution in [1.82, 2.24) is 0 Å². The highest BCUT2D eigenvalue weighted by molar-refractivity contribution is 6.37. The topological polar surface area (TPSA) is 40.6 Å². The highest BCUT2D eigenvalue weighted by Crippen LogP contribution is 2.38. The zero-order chi connectivity index (χ0) is 19.3. The Hall–Kier alpha value is -2.85. The predicted molar refractivity (Wildman–Crippen MR) is 113 cm³/mol. The summed E-state index contributed by atoms with van der Waals surface area (Å²) in [5, 5.41) is 2.23. The van der Waals surface area contributed by atoms with Gasteiger partial charge in [0.05, 0.1) is 5.69 Å². The second-order valence-corrected chi connectivity index (χ2v) is 7.77. The van der Waals surface area contributed by atoms with Crippen molar-refractivity contribution in [3.05, 3.63) is 70.7 Å². The number of piperidine rings is 1. The van der Waals surface area contributed by atoms with E-state index < -0.39 is 0 Å². The molecule has 5 rings (SSSR count). The molecule has 0 spiro atoms. The van der Waals surface area contributed by atoms with Crippen molar-refractivity contribution < 1.29 is 9.59 Å². The van der Waals surface area contributed by atoms with E-state index in [4.69, 9.17) is 11.6 Å². The number of benzene rings is 3. The summed E-state index contributed by atoms with van der Waals surface area (Å²) in [5.41, 5.74) is 2.72. The molecule has 0 unspecified atom stereocenters. The summed E-state index contributed by atoms with van der Waals surface area (Å²) in [5.74, 6) is -0.609. The van der Waals surface area contributed by atoms with Crippen LogP contribution in [0, 0.1) is 0 Å². The van der Waals surface area contributed by atoms with Crippen LogP contribution in [0.25, 0.3) is 10.8 Å². The van der Waals surface area contributed by atoms with Crippen LogP contribution in [0.5, 0.6) is 0 Å². The molecule has 4 nitrogen and oxygen atoms in total. The van der Waals surface area contributed by atoms with E-state index in [2.05, 4.69) is 4.90 Å². The lowest BCUT2D eigenvalue weighted by molar-refractivity contribution is 0.0893. The average molecular weight is 391 g/mol. The van der Waals surface area contributed by atoms with E-state index >= 15 is 0 Å². The molecule has 2 amide bonds. The molecule has 0 N–H and O–H groups in total. The molecule has 1 saturated heterocycles. The summed E-state index contributed by atoms with van der Waals surface area (Å²) in [4.78, 5) is 30.1. The van der Waals surface area contributed by atoms with Crippen LogP contribution in [-0.4, -0.2) is 24.9 Å². The van der Waals surface area contributed by atoms with Gasteiger partial charge in [-0.05, 0) is 55.7 Å². The molecule has 0 atom stereocenters. The standard InChI is InChI=1S/C23H19ClN2O2/c24-15-6-4-7-16(14-15)26-22(27)18-9-5-8-17-20(25-12-2-1-3-13-25)11-10-19(21(17)18)23(26)28/h4-11,14H,1-3,12-13H2. The van der Waals surface area contributed by atoms with Crippen LogP contribution < -0.4 is 9.80 Å². The van der Waals surface area contributed by atoms with Gasteiger partial charge in [-0.3, -0.25) is 9.59 Å². The lowest BCUT2D eigenvalue weighted by atomic mass is 9.92. The number of hydrogen-bond donors (Lipinski definition) is 0. The fraction of sp³-hybridized carbons (Fsp3) is 0.217. The highest BCUT2D eigenvalue weighted by Gasteiger charge is 2.34.